The van der Waals surface area contributed by atoms with Crippen molar-refractivity contribution < 1.29 is 14.3 Å². The highest BCUT2D eigenvalue weighted by Gasteiger charge is 2.19. The molecule has 0 radical (unpaired) electrons. The average Bonchev–Trinajstić information content (AvgIpc) is 2.67. The molecule has 1 saturated heterocycles. The standard InChI is InChI=1S/C19H21ClN2O3/c1-24-19(23)16-12-15(21-13-14-4-2-3-5-17(14)20)6-7-18(16)22-8-10-25-11-9-22/h2-7,12,21H,8-11,13H2,1H3. The maximum Gasteiger partial charge on any atom is 0.340 e. The molecule has 0 unspecified atom stereocenters. The van der Waals surface area contributed by atoms with Gasteiger partial charge in [-0.15, -0.1) is 0 Å². The lowest BCUT2D eigenvalue weighted by Crippen LogP contribution is -2.37. The van der Waals surface area contributed by atoms with Crippen molar-refractivity contribution in [3.63, 3.8) is 0 Å². The quantitative estimate of drug-likeness (QED) is 0.826. The van der Waals surface area contributed by atoms with Gasteiger partial charge in [0.15, 0.2) is 0 Å². The molecule has 0 aliphatic carbocycles. The fourth-order valence-electron chi connectivity index (χ4n) is 2.84. The van der Waals surface area contributed by atoms with Gasteiger partial charge in [0.1, 0.15) is 0 Å². The Morgan fingerprint density at radius 3 is 2.72 bits per heavy atom. The van der Waals surface area contributed by atoms with Crippen LogP contribution in [-0.4, -0.2) is 39.4 Å². The predicted molar refractivity (Wildman–Crippen MR) is 99.6 cm³/mol. The van der Waals surface area contributed by atoms with Crippen LogP contribution in [0.2, 0.25) is 5.02 Å². The van der Waals surface area contributed by atoms with E-state index in [1.165, 1.54) is 7.11 Å². The van der Waals surface area contributed by atoms with Crippen LogP contribution in [0.1, 0.15) is 15.9 Å². The number of hydrogen-bond donors (Lipinski definition) is 1. The molecule has 2 aromatic carbocycles. The van der Waals surface area contributed by atoms with E-state index in [1.54, 1.807) is 0 Å². The lowest BCUT2D eigenvalue weighted by molar-refractivity contribution is 0.0600. The minimum Gasteiger partial charge on any atom is -0.465 e. The molecule has 2 aromatic rings. The van der Waals surface area contributed by atoms with E-state index in [9.17, 15) is 4.79 Å². The summed E-state index contributed by atoms with van der Waals surface area (Å²) in [5.74, 6) is -0.345. The van der Waals surface area contributed by atoms with Crippen molar-refractivity contribution in [3.05, 3.63) is 58.6 Å². The summed E-state index contributed by atoms with van der Waals surface area (Å²) in [6.45, 7) is 3.42. The number of anilines is 2. The van der Waals surface area contributed by atoms with Crippen LogP contribution in [0.3, 0.4) is 0 Å². The molecule has 1 fully saturated rings. The molecular weight excluding hydrogens is 340 g/mol. The van der Waals surface area contributed by atoms with Gasteiger partial charge in [0, 0.05) is 30.3 Å². The summed E-state index contributed by atoms with van der Waals surface area (Å²) < 4.78 is 10.3. The van der Waals surface area contributed by atoms with Crippen molar-refractivity contribution >= 4 is 28.9 Å². The Morgan fingerprint density at radius 2 is 2.00 bits per heavy atom. The summed E-state index contributed by atoms with van der Waals surface area (Å²) >= 11 is 6.19. The molecule has 25 heavy (non-hydrogen) atoms. The van der Waals surface area contributed by atoms with Crippen molar-refractivity contribution in [2.45, 2.75) is 6.54 Å². The van der Waals surface area contributed by atoms with Crippen LogP contribution in [0, 0.1) is 0 Å². The van der Waals surface area contributed by atoms with E-state index in [0.29, 0.717) is 30.3 Å². The van der Waals surface area contributed by atoms with Gasteiger partial charge in [0.2, 0.25) is 0 Å². The Balaban J connectivity index is 1.81. The Labute approximate surface area is 152 Å². The van der Waals surface area contributed by atoms with E-state index in [0.717, 1.165) is 30.0 Å². The van der Waals surface area contributed by atoms with Crippen LogP contribution < -0.4 is 10.2 Å². The molecule has 3 rings (SSSR count). The van der Waals surface area contributed by atoms with Crippen LogP contribution in [-0.2, 0) is 16.0 Å². The number of methoxy groups -OCH3 is 1. The van der Waals surface area contributed by atoms with Gasteiger partial charge in [-0.1, -0.05) is 29.8 Å². The number of esters is 1. The second-order valence-electron chi connectivity index (χ2n) is 5.77. The van der Waals surface area contributed by atoms with E-state index in [4.69, 9.17) is 21.1 Å². The number of nitrogens with one attached hydrogen (secondary N) is 1. The number of rotatable bonds is 5. The molecule has 0 bridgehead atoms. The van der Waals surface area contributed by atoms with Crippen molar-refractivity contribution in [3.8, 4) is 0 Å². The first-order valence-corrected chi connectivity index (χ1v) is 8.59. The molecule has 5 nitrogen and oxygen atoms in total. The van der Waals surface area contributed by atoms with Crippen LogP contribution in [0.25, 0.3) is 0 Å². The third kappa shape index (κ3) is 4.24. The second kappa shape index (κ2) is 8.23. The minimum atomic E-state index is -0.345. The first kappa shape index (κ1) is 17.6. The number of morpholine rings is 1. The minimum absolute atomic E-state index is 0.345. The smallest absolute Gasteiger partial charge is 0.340 e. The van der Waals surface area contributed by atoms with Gasteiger partial charge in [-0.3, -0.25) is 0 Å². The van der Waals surface area contributed by atoms with Gasteiger partial charge in [-0.2, -0.15) is 0 Å². The summed E-state index contributed by atoms with van der Waals surface area (Å²) in [6, 6.07) is 13.4. The van der Waals surface area contributed by atoms with Gasteiger partial charge in [0.25, 0.3) is 0 Å². The number of carbonyl (C=O) groups is 1. The maximum absolute atomic E-state index is 12.2. The average molecular weight is 361 g/mol. The maximum atomic E-state index is 12.2. The highest BCUT2D eigenvalue weighted by Crippen LogP contribution is 2.27. The largest absolute Gasteiger partial charge is 0.465 e. The van der Waals surface area contributed by atoms with E-state index < -0.39 is 0 Å². The van der Waals surface area contributed by atoms with Gasteiger partial charge in [-0.05, 0) is 29.8 Å². The van der Waals surface area contributed by atoms with Crippen molar-refractivity contribution in [2.24, 2.45) is 0 Å². The SMILES string of the molecule is COC(=O)c1cc(NCc2ccccc2Cl)ccc1N1CCOCC1. The number of carbonyl (C=O) groups excluding carboxylic acids is 1. The number of halogens is 1. The lowest BCUT2D eigenvalue weighted by Gasteiger charge is -2.30. The summed E-state index contributed by atoms with van der Waals surface area (Å²) in [5.41, 5.74) is 3.27. The highest BCUT2D eigenvalue weighted by molar-refractivity contribution is 6.31. The van der Waals surface area contributed by atoms with E-state index >= 15 is 0 Å². The molecule has 0 spiro atoms. The Hall–Kier alpha value is -2.24. The highest BCUT2D eigenvalue weighted by atomic mass is 35.5. The molecule has 0 amide bonds. The van der Waals surface area contributed by atoms with Crippen LogP contribution >= 0.6 is 11.6 Å². The Morgan fingerprint density at radius 1 is 1.24 bits per heavy atom. The molecule has 1 aliphatic rings. The van der Waals surface area contributed by atoms with Gasteiger partial charge < -0.3 is 19.7 Å². The fraction of sp³-hybridized carbons (Fsp3) is 0.316. The van der Waals surface area contributed by atoms with Crippen LogP contribution in [0.4, 0.5) is 11.4 Å². The third-order valence-electron chi connectivity index (χ3n) is 4.19. The predicted octanol–water partition coefficient (Wildman–Crippen LogP) is 3.58. The first-order chi connectivity index (χ1) is 12.2. The zero-order chi connectivity index (χ0) is 17.6. The Bertz CT molecular complexity index is 745. The number of hydrogen-bond acceptors (Lipinski definition) is 5. The normalized spacial score (nSPS) is 14.2. The van der Waals surface area contributed by atoms with E-state index in [-0.39, 0.29) is 5.97 Å². The Kier molecular flexibility index (Phi) is 5.79. The second-order valence-corrected chi connectivity index (χ2v) is 6.18. The van der Waals surface area contributed by atoms with E-state index in [1.807, 2.05) is 42.5 Å². The van der Waals surface area contributed by atoms with Gasteiger partial charge >= 0.3 is 5.97 Å². The number of benzene rings is 2. The third-order valence-corrected chi connectivity index (χ3v) is 4.56. The van der Waals surface area contributed by atoms with E-state index in [2.05, 4.69) is 10.2 Å². The molecule has 0 saturated carbocycles. The zero-order valence-electron chi connectivity index (χ0n) is 14.1. The lowest BCUT2D eigenvalue weighted by atomic mass is 10.1. The van der Waals surface area contributed by atoms with Gasteiger partial charge in [-0.25, -0.2) is 4.79 Å². The van der Waals surface area contributed by atoms with Crippen LogP contribution in [0.15, 0.2) is 42.5 Å². The molecule has 0 aromatic heterocycles. The van der Waals surface area contributed by atoms with Crippen LogP contribution in [0.5, 0.6) is 0 Å². The number of nitrogens with zero attached hydrogens (tertiary/aromatic N) is 1. The van der Waals surface area contributed by atoms with Crippen molar-refractivity contribution in [1.29, 1.82) is 0 Å². The fourth-order valence-corrected chi connectivity index (χ4v) is 3.04. The monoisotopic (exact) mass is 360 g/mol. The molecular formula is C19H21ClN2O3. The molecule has 1 N–H and O–H groups in total. The summed E-state index contributed by atoms with van der Waals surface area (Å²) in [5, 5.41) is 4.03. The van der Waals surface area contributed by atoms with Crippen molar-refractivity contribution in [2.75, 3.05) is 43.6 Å². The molecule has 1 aliphatic heterocycles. The topological polar surface area (TPSA) is 50.8 Å². The molecule has 6 heteroatoms. The van der Waals surface area contributed by atoms with Crippen molar-refractivity contribution in [1.82, 2.24) is 0 Å². The number of ether oxygens (including phenoxy) is 2. The molecule has 1 heterocycles. The summed E-state index contributed by atoms with van der Waals surface area (Å²) in [6.07, 6.45) is 0. The molecule has 0 atom stereocenters. The summed E-state index contributed by atoms with van der Waals surface area (Å²) in [7, 11) is 1.40. The zero-order valence-corrected chi connectivity index (χ0v) is 14.9. The molecule has 132 valence electrons. The summed E-state index contributed by atoms with van der Waals surface area (Å²) in [4.78, 5) is 14.4. The van der Waals surface area contributed by atoms with Gasteiger partial charge in [0.05, 0.1) is 31.6 Å². The first-order valence-electron chi connectivity index (χ1n) is 8.21.